The van der Waals surface area contributed by atoms with E-state index in [4.69, 9.17) is 0 Å². The lowest BCUT2D eigenvalue weighted by molar-refractivity contribution is 0.0947. The number of imidazole rings is 1. The summed E-state index contributed by atoms with van der Waals surface area (Å²) in [5.41, 5.74) is 8.86. The van der Waals surface area contributed by atoms with Crippen molar-refractivity contribution in [2.75, 3.05) is 5.32 Å². The first-order valence-electron chi connectivity index (χ1n) is 13.4. The van der Waals surface area contributed by atoms with E-state index >= 15 is 0 Å². The Morgan fingerprint density at radius 1 is 0.902 bits per heavy atom. The zero-order chi connectivity index (χ0) is 27.8. The van der Waals surface area contributed by atoms with Gasteiger partial charge in [0.1, 0.15) is 0 Å². The molecule has 0 aliphatic carbocycles. The molecule has 0 bridgehead atoms. The zero-order valence-electron chi connectivity index (χ0n) is 22.0. The number of nitrogens with zero attached hydrogens (tertiary/aromatic N) is 3. The summed E-state index contributed by atoms with van der Waals surface area (Å²) in [5, 5.41) is 9.31. The lowest BCUT2D eigenvalue weighted by atomic mass is 10.0. The molecule has 0 spiro atoms. The summed E-state index contributed by atoms with van der Waals surface area (Å²) < 4.78 is 4.07. The second-order valence-electron chi connectivity index (χ2n) is 9.95. The minimum Gasteiger partial charge on any atom is -0.352 e. The molecule has 0 unspecified atom stereocenters. The van der Waals surface area contributed by atoms with Crippen molar-refractivity contribution in [2.24, 2.45) is 0 Å². The largest absolute Gasteiger partial charge is 0.352 e. The van der Waals surface area contributed by atoms with Crippen LogP contribution < -0.4 is 16.0 Å². The average molecular weight is 539 g/mol. The van der Waals surface area contributed by atoms with Gasteiger partial charge >= 0.3 is 0 Å². The van der Waals surface area contributed by atoms with Crippen LogP contribution in [0.3, 0.4) is 0 Å². The van der Waals surface area contributed by atoms with Gasteiger partial charge in [0.25, 0.3) is 11.8 Å². The fourth-order valence-electron chi connectivity index (χ4n) is 5.22. The zero-order valence-corrected chi connectivity index (χ0v) is 22.0. The Morgan fingerprint density at radius 2 is 1.76 bits per heavy atom. The number of carbonyl (C=O) groups excluding carboxylic acids is 2. The summed E-state index contributed by atoms with van der Waals surface area (Å²) in [6.07, 6.45) is 7.68. The van der Waals surface area contributed by atoms with Crippen LogP contribution in [0.5, 0.6) is 0 Å². The van der Waals surface area contributed by atoms with Crippen molar-refractivity contribution in [1.82, 2.24) is 24.6 Å². The maximum atomic E-state index is 12.8. The van der Waals surface area contributed by atoms with Gasteiger partial charge in [-0.3, -0.25) is 14.0 Å². The van der Waals surface area contributed by atoms with Gasteiger partial charge in [0.2, 0.25) is 0 Å². The standard InChI is InChI=1S/C33H26N6O2/c40-32(35-20-22-4-3-5-27(18-22)38-15-1-2-16-38)23-6-9-26(10-7-23)37-29-12-13-30(39-17-14-34-31(29)39)24-8-11-28-25(19-24)21-36-33(28)41/h1-19,37H,20-21H2,(H,35,40)(H,36,41). The number of anilines is 2. The predicted octanol–water partition coefficient (Wildman–Crippen LogP) is 5.71. The highest BCUT2D eigenvalue weighted by atomic mass is 16.2. The van der Waals surface area contributed by atoms with Crippen molar-refractivity contribution in [3.8, 4) is 16.9 Å². The van der Waals surface area contributed by atoms with E-state index < -0.39 is 0 Å². The molecule has 4 heterocycles. The van der Waals surface area contributed by atoms with Crippen LogP contribution in [0.2, 0.25) is 0 Å². The van der Waals surface area contributed by atoms with E-state index in [1.54, 1.807) is 6.20 Å². The summed E-state index contributed by atoms with van der Waals surface area (Å²) in [5.74, 6) is -0.157. The first-order chi connectivity index (χ1) is 20.1. The van der Waals surface area contributed by atoms with Crippen LogP contribution in [-0.4, -0.2) is 25.8 Å². The van der Waals surface area contributed by atoms with Crippen LogP contribution in [0.4, 0.5) is 11.4 Å². The van der Waals surface area contributed by atoms with Crippen molar-refractivity contribution in [2.45, 2.75) is 13.1 Å². The lowest BCUT2D eigenvalue weighted by Crippen LogP contribution is -2.22. The monoisotopic (exact) mass is 538 g/mol. The fourth-order valence-corrected chi connectivity index (χ4v) is 5.22. The van der Waals surface area contributed by atoms with Crippen molar-refractivity contribution in [1.29, 1.82) is 0 Å². The molecule has 0 atom stereocenters. The third kappa shape index (κ3) is 4.72. The molecule has 8 heteroatoms. The van der Waals surface area contributed by atoms with Crippen molar-refractivity contribution in [3.05, 3.63) is 138 Å². The van der Waals surface area contributed by atoms with Gasteiger partial charge in [-0.15, -0.1) is 0 Å². The molecule has 1 aliphatic heterocycles. The summed E-state index contributed by atoms with van der Waals surface area (Å²) in [6.45, 7) is 0.986. The fraction of sp³-hybridized carbons (Fsp3) is 0.0606. The number of rotatable bonds is 7. The number of aromatic nitrogens is 3. The van der Waals surface area contributed by atoms with Gasteiger partial charge in [0.05, 0.1) is 11.4 Å². The Balaban J connectivity index is 1.04. The van der Waals surface area contributed by atoms with Crippen molar-refractivity contribution in [3.63, 3.8) is 0 Å². The molecule has 7 rings (SSSR count). The number of nitrogens with one attached hydrogen (secondary N) is 3. The van der Waals surface area contributed by atoms with Crippen LogP contribution in [-0.2, 0) is 13.1 Å². The SMILES string of the molecule is O=C(NCc1cccc(-n2cccc2)c1)c1ccc(Nc2ccc(-c3ccc4c(c3)CNC4=O)n3ccnc23)cc1. The van der Waals surface area contributed by atoms with Crippen LogP contribution in [0.25, 0.3) is 22.6 Å². The van der Waals surface area contributed by atoms with E-state index in [2.05, 4.69) is 33.1 Å². The Bertz CT molecular complexity index is 1900. The molecule has 0 radical (unpaired) electrons. The van der Waals surface area contributed by atoms with Gasteiger partial charge in [-0.1, -0.05) is 18.2 Å². The van der Waals surface area contributed by atoms with Gasteiger partial charge in [-0.05, 0) is 89.5 Å². The molecule has 0 saturated carbocycles. The van der Waals surface area contributed by atoms with Crippen LogP contribution in [0, 0.1) is 0 Å². The Labute approximate surface area is 236 Å². The maximum Gasteiger partial charge on any atom is 0.251 e. The summed E-state index contributed by atoms with van der Waals surface area (Å²) in [7, 11) is 0. The van der Waals surface area contributed by atoms with E-state index in [1.807, 2.05) is 106 Å². The molecule has 41 heavy (non-hydrogen) atoms. The van der Waals surface area contributed by atoms with E-state index in [9.17, 15) is 9.59 Å². The summed E-state index contributed by atoms with van der Waals surface area (Å²) in [4.78, 5) is 29.3. The van der Waals surface area contributed by atoms with E-state index in [-0.39, 0.29) is 11.8 Å². The summed E-state index contributed by atoms with van der Waals surface area (Å²) in [6, 6.07) is 29.4. The molecule has 0 fully saturated rings. The molecule has 3 N–H and O–H groups in total. The molecular weight excluding hydrogens is 512 g/mol. The normalized spacial score (nSPS) is 12.2. The van der Waals surface area contributed by atoms with Crippen molar-refractivity contribution < 1.29 is 9.59 Å². The molecule has 0 saturated heterocycles. The molecule has 200 valence electrons. The first-order valence-corrected chi connectivity index (χ1v) is 13.4. The third-order valence-corrected chi connectivity index (χ3v) is 7.33. The van der Waals surface area contributed by atoms with Gasteiger partial charge in [0.15, 0.2) is 5.65 Å². The smallest absolute Gasteiger partial charge is 0.251 e. The number of hydrogen-bond acceptors (Lipinski definition) is 4. The first kappa shape index (κ1) is 24.4. The molecule has 6 aromatic rings. The summed E-state index contributed by atoms with van der Waals surface area (Å²) >= 11 is 0. The topological polar surface area (TPSA) is 92.5 Å². The number of hydrogen-bond donors (Lipinski definition) is 3. The molecule has 1 aliphatic rings. The predicted molar refractivity (Wildman–Crippen MR) is 158 cm³/mol. The van der Waals surface area contributed by atoms with Crippen LogP contribution in [0.15, 0.2) is 116 Å². The number of carbonyl (C=O) groups is 2. The van der Waals surface area contributed by atoms with Gasteiger partial charge < -0.3 is 20.5 Å². The maximum absolute atomic E-state index is 12.8. The van der Waals surface area contributed by atoms with Crippen LogP contribution in [0.1, 0.15) is 31.8 Å². The Kier molecular flexibility index (Phi) is 6.05. The molecule has 2 amide bonds. The Morgan fingerprint density at radius 3 is 2.61 bits per heavy atom. The number of fused-ring (bicyclic) bond motifs is 2. The van der Waals surface area contributed by atoms with Crippen LogP contribution >= 0.6 is 0 Å². The molecule has 8 nitrogen and oxygen atoms in total. The third-order valence-electron chi connectivity index (χ3n) is 7.33. The Hall–Kier alpha value is -5.63. The highest BCUT2D eigenvalue weighted by Crippen LogP contribution is 2.30. The number of amides is 2. The van der Waals surface area contributed by atoms with Gasteiger partial charge in [-0.2, -0.15) is 0 Å². The van der Waals surface area contributed by atoms with E-state index in [0.29, 0.717) is 18.7 Å². The average Bonchev–Trinajstić information content (AvgIpc) is 3.79. The molecule has 3 aromatic carbocycles. The quantitative estimate of drug-likeness (QED) is 0.243. The van der Waals surface area contributed by atoms with Crippen molar-refractivity contribution >= 4 is 28.8 Å². The lowest BCUT2D eigenvalue weighted by Gasteiger charge is -2.13. The second kappa shape index (κ2) is 10.2. The number of pyridine rings is 1. The molecule has 3 aromatic heterocycles. The van der Waals surface area contributed by atoms with Gasteiger partial charge in [-0.25, -0.2) is 4.98 Å². The highest BCUT2D eigenvalue weighted by Gasteiger charge is 2.19. The second-order valence-corrected chi connectivity index (χ2v) is 9.95. The highest BCUT2D eigenvalue weighted by molar-refractivity contribution is 5.99. The minimum absolute atomic E-state index is 0.0270. The molecular formula is C33H26N6O2. The van der Waals surface area contributed by atoms with E-state index in [1.165, 1.54) is 0 Å². The number of benzene rings is 3. The minimum atomic E-state index is -0.130. The van der Waals surface area contributed by atoms with Gasteiger partial charge in [0, 0.05) is 60.4 Å². The van der Waals surface area contributed by atoms with E-state index in [0.717, 1.165) is 50.7 Å².